The van der Waals surface area contributed by atoms with Crippen LogP contribution in [-0.2, 0) is 22.6 Å². The number of rotatable bonds is 11. The molecule has 35 heavy (non-hydrogen) atoms. The van der Waals surface area contributed by atoms with Gasteiger partial charge >= 0.3 is 6.09 Å². The summed E-state index contributed by atoms with van der Waals surface area (Å²) in [5, 5.41) is 6.61. The Labute approximate surface area is 203 Å². The van der Waals surface area contributed by atoms with Gasteiger partial charge in [0, 0.05) is 18.3 Å². The fraction of sp³-hybridized carbons (Fsp3) is 0.280. The predicted octanol–water partition coefficient (Wildman–Crippen LogP) is 3.19. The minimum absolute atomic E-state index is 0.00129. The number of aromatic nitrogens is 2. The molecular weight excluding hydrogens is 450 g/mol. The molecule has 2 aromatic carbocycles. The number of nitrogens with one attached hydrogen (secondary N) is 3. The maximum Gasteiger partial charge on any atom is 0.408 e. The zero-order valence-electron chi connectivity index (χ0n) is 19.9. The zero-order valence-corrected chi connectivity index (χ0v) is 19.9. The van der Waals surface area contributed by atoms with E-state index in [-0.39, 0.29) is 19.1 Å². The molecule has 1 atom stereocenters. The van der Waals surface area contributed by atoms with Gasteiger partial charge in [0.25, 0.3) is 5.91 Å². The molecule has 0 unspecified atom stereocenters. The van der Waals surface area contributed by atoms with Gasteiger partial charge in [-0.25, -0.2) is 15.2 Å². The number of methoxy groups -OCH3 is 1. The Morgan fingerprint density at radius 1 is 1.14 bits per heavy atom. The van der Waals surface area contributed by atoms with E-state index in [0.29, 0.717) is 22.8 Å². The van der Waals surface area contributed by atoms with E-state index in [1.165, 1.54) is 12.5 Å². The van der Waals surface area contributed by atoms with E-state index in [1.807, 2.05) is 44.2 Å². The number of ether oxygens (including phenoxy) is 3. The highest BCUT2D eigenvalue weighted by atomic mass is 16.5. The van der Waals surface area contributed by atoms with Crippen molar-refractivity contribution >= 4 is 18.2 Å². The molecule has 0 aliphatic rings. The van der Waals surface area contributed by atoms with Crippen LogP contribution in [0.5, 0.6) is 11.5 Å². The number of carbonyl (C=O) groups excluding carboxylic acids is 2. The van der Waals surface area contributed by atoms with Crippen LogP contribution in [0.2, 0.25) is 0 Å². The summed E-state index contributed by atoms with van der Waals surface area (Å²) in [7, 11) is 1.55. The van der Waals surface area contributed by atoms with Crippen LogP contribution in [0.4, 0.5) is 4.79 Å². The maximum atomic E-state index is 12.8. The number of nitrogens with zero attached hydrogens (tertiary/aromatic N) is 2. The van der Waals surface area contributed by atoms with Gasteiger partial charge in [-0.3, -0.25) is 4.79 Å². The third-order valence-corrected chi connectivity index (χ3v) is 4.74. The van der Waals surface area contributed by atoms with Crippen LogP contribution >= 0.6 is 0 Å². The second-order valence-corrected chi connectivity index (χ2v) is 7.85. The number of benzene rings is 2. The Hall–Kier alpha value is -4.34. The van der Waals surface area contributed by atoms with Gasteiger partial charge < -0.3 is 24.5 Å². The second-order valence-electron chi connectivity index (χ2n) is 7.85. The summed E-state index contributed by atoms with van der Waals surface area (Å²) in [6.45, 7) is 3.94. The minimum atomic E-state index is -0.938. The summed E-state index contributed by atoms with van der Waals surface area (Å²) in [6, 6.07) is 13.6. The van der Waals surface area contributed by atoms with E-state index in [9.17, 15) is 9.59 Å². The van der Waals surface area contributed by atoms with Crippen molar-refractivity contribution in [1.82, 2.24) is 20.7 Å². The monoisotopic (exact) mass is 479 g/mol. The zero-order chi connectivity index (χ0) is 25.0. The van der Waals surface area contributed by atoms with Crippen LogP contribution in [-0.4, -0.2) is 47.4 Å². The van der Waals surface area contributed by atoms with Crippen molar-refractivity contribution in [1.29, 1.82) is 0 Å². The van der Waals surface area contributed by atoms with Gasteiger partial charge in [-0.2, -0.15) is 5.10 Å². The van der Waals surface area contributed by atoms with Crippen LogP contribution in [0.3, 0.4) is 0 Å². The number of imidazole rings is 1. The number of hydrogen-bond acceptors (Lipinski definition) is 7. The van der Waals surface area contributed by atoms with Crippen molar-refractivity contribution in [2.75, 3.05) is 7.11 Å². The van der Waals surface area contributed by atoms with Gasteiger partial charge in [-0.1, -0.05) is 30.3 Å². The average Bonchev–Trinajstić information content (AvgIpc) is 3.36. The molecule has 0 bridgehead atoms. The van der Waals surface area contributed by atoms with Gasteiger partial charge in [0.1, 0.15) is 12.6 Å². The molecule has 0 spiro atoms. The molecule has 0 fully saturated rings. The predicted molar refractivity (Wildman–Crippen MR) is 130 cm³/mol. The van der Waals surface area contributed by atoms with Crippen molar-refractivity contribution in [3.05, 3.63) is 77.9 Å². The molecule has 0 saturated carbocycles. The number of hydrogen-bond donors (Lipinski definition) is 3. The Balaban J connectivity index is 1.61. The smallest absolute Gasteiger partial charge is 0.408 e. The summed E-state index contributed by atoms with van der Waals surface area (Å²) < 4.78 is 16.3. The summed E-state index contributed by atoms with van der Waals surface area (Å²) in [5.74, 6) is 0.648. The van der Waals surface area contributed by atoms with Crippen molar-refractivity contribution in [3.63, 3.8) is 0 Å². The van der Waals surface area contributed by atoms with Crippen molar-refractivity contribution in [2.24, 2.45) is 5.10 Å². The molecule has 3 rings (SSSR count). The number of aromatic amines is 1. The van der Waals surface area contributed by atoms with Crippen LogP contribution in [0, 0.1) is 0 Å². The Morgan fingerprint density at radius 2 is 1.94 bits per heavy atom. The highest BCUT2D eigenvalue weighted by Crippen LogP contribution is 2.28. The van der Waals surface area contributed by atoms with Gasteiger partial charge in [-0.15, -0.1) is 0 Å². The SMILES string of the molecule is COc1cc(/C=N\NC(=O)[C@H](Cc2cnc[nH]2)NC(=O)OCc2ccccc2)ccc1OC(C)C. The molecule has 0 aliphatic carbocycles. The lowest BCUT2D eigenvalue weighted by Gasteiger charge is -2.16. The summed E-state index contributed by atoms with van der Waals surface area (Å²) in [4.78, 5) is 32.0. The van der Waals surface area contributed by atoms with Crippen LogP contribution in [0.1, 0.15) is 30.7 Å². The Morgan fingerprint density at radius 3 is 2.63 bits per heavy atom. The first-order valence-electron chi connectivity index (χ1n) is 11.1. The number of carbonyl (C=O) groups is 2. The van der Waals surface area contributed by atoms with Crippen molar-refractivity contribution < 1.29 is 23.8 Å². The fourth-order valence-corrected chi connectivity index (χ4v) is 3.10. The van der Waals surface area contributed by atoms with Gasteiger partial charge in [0.15, 0.2) is 11.5 Å². The second kappa shape index (κ2) is 12.8. The molecule has 3 N–H and O–H groups in total. The third-order valence-electron chi connectivity index (χ3n) is 4.74. The number of hydrazone groups is 1. The molecule has 0 saturated heterocycles. The van der Waals surface area contributed by atoms with E-state index < -0.39 is 18.0 Å². The highest BCUT2D eigenvalue weighted by molar-refractivity contribution is 5.87. The minimum Gasteiger partial charge on any atom is -0.493 e. The summed E-state index contributed by atoms with van der Waals surface area (Å²) in [5.41, 5.74) is 4.66. The molecular formula is C25H29N5O5. The molecule has 1 heterocycles. The summed E-state index contributed by atoms with van der Waals surface area (Å²) >= 11 is 0. The topological polar surface area (TPSA) is 127 Å². The highest BCUT2D eigenvalue weighted by Gasteiger charge is 2.22. The third kappa shape index (κ3) is 8.18. The van der Waals surface area contributed by atoms with E-state index >= 15 is 0 Å². The molecule has 0 aliphatic heterocycles. The molecule has 10 heteroatoms. The standard InChI is InChI=1S/C25H29N5O5/c1-17(2)35-22-10-9-19(11-23(22)33-3)13-28-30-24(31)21(12-20-14-26-16-27-20)29-25(32)34-15-18-7-5-4-6-8-18/h4-11,13-14,16-17,21H,12,15H2,1-3H3,(H,26,27)(H,29,32)(H,30,31)/b28-13-/t21-/m0/s1. The van der Waals surface area contributed by atoms with Gasteiger partial charge in [0.05, 0.1) is 25.8 Å². The molecule has 3 aromatic rings. The van der Waals surface area contributed by atoms with E-state index in [4.69, 9.17) is 14.2 Å². The van der Waals surface area contributed by atoms with Gasteiger partial charge in [0.2, 0.25) is 0 Å². The van der Waals surface area contributed by atoms with E-state index in [1.54, 1.807) is 31.5 Å². The average molecular weight is 480 g/mol. The fourth-order valence-electron chi connectivity index (χ4n) is 3.10. The molecule has 0 radical (unpaired) electrons. The summed E-state index contributed by atoms with van der Waals surface area (Å²) in [6.07, 6.45) is 4.01. The van der Waals surface area contributed by atoms with E-state index in [2.05, 4.69) is 25.8 Å². The Bertz CT molecular complexity index is 1120. The molecule has 1 aromatic heterocycles. The number of amides is 2. The first kappa shape index (κ1) is 25.3. The number of alkyl carbamates (subject to hydrolysis) is 1. The molecule has 10 nitrogen and oxygen atoms in total. The molecule has 184 valence electrons. The first-order chi connectivity index (χ1) is 16.9. The van der Waals surface area contributed by atoms with Crippen molar-refractivity contribution in [2.45, 2.75) is 39.0 Å². The van der Waals surface area contributed by atoms with Crippen LogP contribution in [0.25, 0.3) is 0 Å². The lowest BCUT2D eigenvalue weighted by Crippen LogP contribution is -2.47. The molecule has 2 amide bonds. The maximum absolute atomic E-state index is 12.8. The first-order valence-corrected chi connectivity index (χ1v) is 11.1. The lowest BCUT2D eigenvalue weighted by atomic mass is 10.1. The quantitative estimate of drug-likeness (QED) is 0.286. The number of H-pyrrole nitrogens is 1. The normalized spacial score (nSPS) is 11.8. The Kier molecular flexibility index (Phi) is 9.23. The van der Waals surface area contributed by atoms with E-state index in [0.717, 1.165) is 5.56 Å². The van der Waals surface area contributed by atoms with Crippen molar-refractivity contribution in [3.8, 4) is 11.5 Å². The lowest BCUT2D eigenvalue weighted by molar-refractivity contribution is -0.123. The largest absolute Gasteiger partial charge is 0.493 e. The van der Waals surface area contributed by atoms with Gasteiger partial charge in [-0.05, 0) is 43.2 Å². The van der Waals surface area contributed by atoms with Crippen LogP contribution < -0.4 is 20.2 Å². The van der Waals surface area contributed by atoms with Crippen LogP contribution in [0.15, 0.2) is 66.2 Å².